The summed E-state index contributed by atoms with van der Waals surface area (Å²) in [4.78, 5) is 10.1. The van der Waals surface area contributed by atoms with Crippen LogP contribution in [0.1, 0.15) is 18.5 Å². The van der Waals surface area contributed by atoms with Crippen molar-refractivity contribution in [1.29, 1.82) is 0 Å². The maximum Gasteiger partial charge on any atom is 0.204 e. The summed E-state index contributed by atoms with van der Waals surface area (Å²) in [6.07, 6.45) is 1.42. The van der Waals surface area contributed by atoms with Crippen LogP contribution >= 0.6 is 11.6 Å². The molecule has 0 aliphatic carbocycles. The van der Waals surface area contributed by atoms with Crippen LogP contribution in [0.15, 0.2) is 30.6 Å². The molecule has 0 aliphatic heterocycles. The number of benzene rings is 1. The molecule has 1 aromatic carbocycles. The normalized spacial score (nSPS) is 12.0. The first-order chi connectivity index (χ1) is 9.56. The molecule has 0 bridgehead atoms. The molecule has 6 heteroatoms. The van der Waals surface area contributed by atoms with Gasteiger partial charge in [0.25, 0.3) is 0 Å². The zero-order valence-corrected chi connectivity index (χ0v) is 12.4. The molecule has 106 valence electrons. The molecule has 1 aromatic heterocycles. The van der Waals surface area contributed by atoms with Gasteiger partial charge in [-0.25, -0.2) is 9.97 Å². The molecule has 0 saturated carbocycles. The summed E-state index contributed by atoms with van der Waals surface area (Å²) in [6, 6.07) is 7.73. The molecule has 0 saturated heterocycles. The number of hydrogen-bond donors (Lipinski definition) is 1. The van der Waals surface area contributed by atoms with Crippen molar-refractivity contribution in [2.24, 2.45) is 0 Å². The molecule has 2 aromatic rings. The van der Waals surface area contributed by atoms with Crippen molar-refractivity contribution < 1.29 is 4.74 Å². The van der Waals surface area contributed by atoms with Gasteiger partial charge in [-0.2, -0.15) is 0 Å². The molecule has 1 unspecified atom stereocenters. The van der Waals surface area contributed by atoms with E-state index in [9.17, 15) is 0 Å². The second-order valence-corrected chi connectivity index (χ2v) is 4.83. The summed E-state index contributed by atoms with van der Waals surface area (Å²) in [7, 11) is 3.46. The standard InChI is InChI=1S/C14H17ClN4O/c1-9(10-6-4-5-7-11(10)15)19(2)14-12(20-3)13(16)17-8-18-14/h4-9H,1-3H3,(H2,16,17,18). The molecule has 1 heterocycles. The summed E-state index contributed by atoms with van der Waals surface area (Å²) in [5.74, 6) is 1.41. The average Bonchev–Trinajstić information content (AvgIpc) is 2.46. The van der Waals surface area contributed by atoms with Gasteiger partial charge in [0.2, 0.25) is 5.75 Å². The number of nitrogens with zero attached hydrogens (tertiary/aromatic N) is 3. The highest BCUT2D eigenvalue weighted by Gasteiger charge is 2.20. The lowest BCUT2D eigenvalue weighted by atomic mass is 10.1. The summed E-state index contributed by atoms with van der Waals surface area (Å²) in [6.45, 7) is 2.04. The molecule has 0 aliphatic rings. The Kier molecular flexibility index (Phi) is 4.29. The van der Waals surface area contributed by atoms with Gasteiger partial charge in [-0.05, 0) is 18.6 Å². The predicted molar refractivity (Wildman–Crippen MR) is 81.3 cm³/mol. The minimum Gasteiger partial charge on any atom is -0.490 e. The Hall–Kier alpha value is -2.01. The number of rotatable bonds is 4. The Morgan fingerprint density at radius 1 is 1.30 bits per heavy atom. The first-order valence-corrected chi connectivity index (χ1v) is 6.55. The first kappa shape index (κ1) is 14.4. The average molecular weight is 293 g/mol. The van der Waals surface area contributed by atoms with E-state index in [2.05, 4.69) is 9.97 Å². The number of methoxy groups -OCH3 is 1. The molecule has 5 nitrogen and oxygen atoms in total. The molecular formula is C14H17ClN4O. The van der Waals surface area contributed by atoms with E-state index in [0.29, 0.717) is 22.4 Å². The topological polar surface area (TPSA) is 64.3 Å². The van der Waals surface area contributed by atoms with Crippen molar-refractivity contribution in [3.05, 3.63) is 41.2 Å². The SMILES string of the molecule is COc1c(N)ncnc1N(C)C(C)c1ccccc1Cl. The molecule has 0 amide bonds. The van der Waals surface area contributed by atoms with Gasteiger partial charge < -0.3 is 15.4 Å². The van der Waals surface area contributed by atoms with Crippen molar-refractivity contribution in [2.45, 2.75) is 13.0 Å². The number of anilines is 2. The van der Waals surface area contributed by atoms with Crippen LogP contribution < -0.4 is 15.4 Å². The van der Waals surface area contributed by atoms with Crippen LogP contribution in [0.3, 0.4) is 0 Å². The smallest absolute Gasteiger partial charge is 0.204 e. The van der Waals surface area contributed by atoms with Crippen molar-refractivity contribution in [1.82, 2.24) is 9.97 Å². The maximum atomic E-state index is 6.24. The Balaban J connectivity index is 2.39. The molecular weight excluding hydrogens is 276 g/mol. The maximum absolute atomic E-state index is 6.24. The van der Waals surface area contributed by atoms with Gasteiger partial charge in [-0.1, -0.05) is 29.8 Å². The van der Waals surface area contributed by atoms with Crippen LogP contribution in [0.4, 0.5) is 11.6 Å². The third-order valence-electron chi connectivity index (χ3n) is 3.29. The fourth-order valence-corrected chi connectivity index (χ4v) is 2.32. The van der Waals surface area contributed by atoms with Crippen LogP contribution in [0.25, 0.3) is 0 Å². The number of halogens is 1. The molecule has 1 atom stereocenters. The van der Waals surface area contributed by atoms with Gasteiger partial charge in [0, 0.05) is 12.1 Å². The molecule has 0 radical (unpaired) electrons. The van der Waals surface area contributed by atoms with Crippen molar-refractivity contribution in [3.63, 3.8) is 0 Å². The highest BCUT2D eigenvalue weighted by molar-refractivity contribution is 6.31. The summed E-state index contributed by atoms with van der Waals surface area (Å²) < 4.78 is 5.29. The second kappa shape index (κ2) is 5.96. The minimum absolute atomic E-state index is 0.0203. The lowest BCUT2D eigenvalue weighted by Crippen LogP contribution is -2.24. The fraction of sp³-hybridized carbons (Fsp3) is 0.286. The van der Waals surface area contributed by atoms with Crippen molar-refractivity contribution in [3.8, 4) is 5.75 Å². The molecule has 2 rings (SSSR count). The van der Waals surface area contributed by atoms with E-state index >= 15 is 0 Å². The Bertz CT molecular complexity index is 605. The third kappa shape index (κ3) is 2.63. The van der Waals surface area contributed by atoms with E-state index in [1.54, 1.807) is 7.11 Å². The largest absolute Gasteiger partial charge is 0.490 e. The molecule has 20 heavy (non-hydrogen) atoms. The van der Waals surface area contributed by atoms with E-state index in [1.807, 2.05) is 43.1 Å². The summed E-state index contributed by atoms with van der Waals surface area (Å²) >= 11 is 6.24. The van der Waals surface area contributed by atoms with Gasteiger partial charge in [0.15, 0.2) is 11.6 Å². The number of ether oxygens (including phenoxy) is 1. The quantitative estimate of drug-likeness (QED) is 0.938. The predicted octanol–water partition coefficient (Wildman–Crippen LogP) is 2.92. The lowest BCUT2D eigenvalue weighted by molar-refractivity contribution is 0.412. The van der Waals surface area contributed by atoms with Crippen molar-refractivity contribution in [2.75, 3.05) is 24.8 Å². The van der Waals surface area contributed by atoms with Gasteiger partial charge in [-0.15, -0.1) is 0 Å². The van der Waals surface area contributed by atoms with E-state index in [-0.39, 0.29) is 6.04 Å². The molecule has 2 N–H and O–H groups in total. The van der Waals surface area contributed by atoms with Crippen LogP contribution in [0.5, 0.6) is 5.75 Å². The number of aromatic nitrogens is 2. The van der Waals surface area contributed by atoms with Gasteiger partial charge in [0.05, 0.1) is 13.2 Å². The first-order valence-electron chi connectivity index (χ1n) is 6.18. The van der Waals surface area contributed by atoms with Crippen LogP contribution in [-0.2, 0) is 0 Å². The minimum atomic E-state index is 0.0203. The van der Waals surface area contributed by atoms with Crippen LogP contribution in [0.2, 0.25) is 5.02 Å². The Labute approximate surface area is 123 Å². The fourth-order valence-electron chi connectivity index (χ4n) is 2.03. The third-order valence-corrected chi connectivity index (χ3v) is 3.63. The zero-order valence-electron chi connectivity index (χ0n) is 11.7. The van der Waals surface area contributed by atoms with E-state index < -0.39 is 0 Å². The van der Waals surface area contributed by atoms with E-state index in [0.717, 1.165) is 5.56 Å². The summed E-state index contributed by atoms with van der Waals surface area (Å²) in [5, 5.41) is 0.716. The highest BCUT2D eigenvalue weighted by atomic mass is 35.5. The number of nitrogen functional groups attached to an aromatic ring is 1. The Morgan fingerprint density at radius 2 is 2.00 bits per heavy atom. The highest BCUT2D eigenvalue weighted by Crippen LogP contribution is 2.35. The zero-order chi connectivity index (χ0) is 14.7. The van der Waals surface area contributed by atoms with Crippen LogP contribution in [-0.4, -0.2) is 24.1 Å². The molecule has 0 spiro atoms. The van der Waals surface area contributed by atoms with Gasteiger partial charge >= 0.3 is 0 Å². The van der Waals surface area contributed by atoms with E-state index in [1.165, 1.54) is 6.33 Å². The van der Waals surface area contributed by atoms with Gasteiger partial charge in [0.1, 0.15) is 6.33 Å². The second-order valence-electron chi connectivity index (χ2n) is 4.42. The van der Waals surface area contributed by atoms with Crippen molar-refractivity contribution >= 4 is 23.2 Å². The number of nitrogens with two attached hydrogens (primary N) is 1. The lowest BCUT2D eigenvalue weighted by Gasteiger charge is -2.28. The van der Waals surface area contributed by atoms with Gasteiger partial charge in [-0.3, -0.25) is 0 Å². The summed E-state index contributed by atoms with van der Waals surface area (Å²) in [5.41, 5.74) is 6.82. The molecule has 0 fully saturated rings. The number of hydrogen-bond acceptors (Lipinski definition) is 5. The van der Waals surface area contributed by atoms with E-state index in [4.69, 9.17) is 22.1 Å². The monoisotopic (exact) mass is 292 g/mol. The Morgan fingerprint density at radius 3 is 2.65 bits per heavy atom. The van der Waals surface area contributed by atoms with Crippen LogP contribution in [0, 0.1) is 0 Å².